The lowest BCUT2D eigenvalue weighted by Gasteiger charge is -2.35. The molecule has 1 aliphatic rings. The zero-order valence-electron chi connectivity index (χ0n) is 14.6. The smallest absolute Gasteiger partial charge is 0.262 e. The van der Waals surface area contributed by atoms with E-state index in [9.17, 15) is 9.59 Å². The van der Waals surface area contributed by atoms with Crippen LogP contribution >= 0.6 is 15.9 Å². The topological polar surface area (TPSA) is 70.7 Å². The minimum atomic E-state index is -0.659. The van der Waals surface area contributed by atoms with E-state index in [0.717, 1.165) is 15.7 Å². The lowest BCUT2D eigenvalue weighted by Crippen LogP contribution is -2.50. The molecule has 26 heavy (non-hydrogen) atoms. The van der Waals surface area contributed by atoms with Crippen molar-refractivity contribution in [3.8, 4) is 5.75 Å². The van der Waals surface area contributed by atoms with Gasteiger partial charge < -0.3 is 20.3 Å². The molecule has 0 radical (unpaired) electrons. The Morgan fingerprint density at radius 3 is 2.77 bits per heavy atom. The number of hydrogen-bond acceptors (Lipinski definition) is 4. The van der Waals surface area contributed by atoms with Gasteiger partial charge in [-0.25, -0.2) is 0 Å². The Bertz CT molecular complexity index is 841. The van der Waals surface area contributed by atoms with Crippen molar-refractivity contribution >= 4 is 39.1 Å². The lowest BCUT2D eigenvalue weighted by molar-refractivity contribution is -0.127. The summed E-state index contributed by atoms with van der Waals surface area (Å²) in [5.74, 6) is 0.213. The molecule has 0 spiro atoms. The van der Waals surface area contributed by atoms with Gasteiger partial charge in [-0.05, 0) is 52.7 Å². The van der Waals surface area contributed by atoms with Gasteiger partial charge in [-0.15, -0.1) is 0 Å². The number of ether oxygens (including phenoxy) is 1. The summed E-state index contributed by atoms with van der Waals surface area (Å²) in [5.41, 5.74) is 2.61. The van der Waals surface area contributed by atoms with Gasteiger partial charge in [-0.1, -0.05) is 18.2 Å². The van der Waals surface area contributed by atoms with Gasteiger partial charge in [0, 0.05) is 11.5 Å². The number of hydrogen-bond donors (Lipinski definition) is 2. The summed E-state index contributed by atoms with van der Waals surface area (Å²) >= 11 is 3.46. The number of halogens is 1. The minimum absolute atomic E-state index is 0.119. The van der Waals surface area contributed by atoms with Crippen molar-refractivity contribution in [1.82, 2.24) is 5.32 Å². The standard InChI is InChI=1S/C19H20BrN3O3/c1-12-7-8-14(13(20)9-12)22-18(24)11-23-10-17(19(25)21-2)26-16-6-4-3-5-15(16)23/h3-9,17H,10-11H2,1-2H3,(H,21,25)(H,22,24). The highest BCUT2D eigenvalue weighted by molar-refractivity contribution is 9.10. The van der Waals surface area contributed by atoms with E-state index >= 15 is 0 Å². The predicted molar refractivity (Wildman–Crippen MR) is 105 cm³/mol. The third-order valence-corrected chi connectivity index (χ3v) is 4.79. The number of nitrogens with zero attached hydrogens (tertiary/aromatic N) is 1. The molecule has 0 bridgehead atoms. The van der Waals surface area contributed by atoms with E-state index < -0.39 is 6.10 Å². The number of carbonyl (C=O) groups excluding carboxylic acids is 2. The maximum Gasteiger partial charge on any atom is 0.262 e. The summed E-state index contributed by atoms with van der Waals surface area (Å²) in [6, 6.07) is 13.1. The van der Waals surface area contributed by atoms with Crippen molar-refractivity contribution in [1.29, 1.82) is 0 Å². The number of benzene rings is 2. The Kier molecular flexibility index (Phi) is 5.46. The molecule has 2 aromatic rings. The number of rotatable bonds is 4. The zero-order valence-corrected chi connectivity index (χ0v) is 16.2. The number of nitrogens with one attached hydrogen (secondary N) is 2. The molecule has 6 nitrogen and oxygen atoms in total. The Balaban J connectivity index is 1.76. The Hall–Kier alpha value is -2.54. The van der Waals surface area contributed by atoms with E-state index in [-0.39, 0.29) is 18.4 Å². The molecule has 2 N–H and O–H groups in total. The maximum atomic E-state index is 12.6. The molecule has 0 fully saturated rings. The number of anilines is 2. The quantitative estimate of drug-likeness (QED) is 0.801. The first-order chi connectivity index (χ1) is 12.5. The molecule has 0 saturated heterocycles. The van der Waals surface area contributed by atoms with Crippen LogP contribution in [0.5, 0.6) is 5.75 Å². The third kappa shape index (κ3) is 3.99. The number of likely N-dealkylation sites (N-methyl/N-ethyl adjacent to an activating group) is 1. The summed E-state index contributed by atoms with van der Waals surface area (Å²) in [4.78, 5) is 26.4. The fourth-order valence-corrected chi connectivity index (χ4v) is 3.43. The maximum absolute atomic E-state index is 12.6. The molecule has 136 valence electrons. The first kappa shape index (κ1) is 18.3. The fourth-order valence-electron chi connectivity index (χ4n) is 2.84. The van der Waals surface area contributed by atoms with Crippen LogP contribution in [-0.2, 0) is 9.59 Å². The van der Waals surface area contributed by atoms with Gasteiger partial charge in [0.25, 0.3) is 5.91 Å². The van der Waals surface area contributed by atoms with Crippen molar-refractivity contribution in [3.05, 3.63) is 52.5 Å². The Labute approximate surface area is 160 Å². The van der Waals surface area contributed by atoms with Crippen LogP contribution in [0.25, 0.3) is 0 Å². The second kappa shape index (κ2) is 7.78. The van der Waals surface area contributed by atoms with E-state index in [1.807, 2.05) is 48.2 Å². The highest BCUT2D eigenvalue weighted by Crippen LogP contribution is 2.33. The number of para-hydroxylation sites is 2. The summed E-state index contributed by atoms with van der Waals surface area (Å²) in [7, 11) is 1.57. The molecular weight excluding hydrogens is 398 g/mol. The molecule has 1 heterocycles. The molecule has 0 aliphatic carbocycles. The van der Waals surface area contributed by atoms with E-state index in [4.69, 9.17) is 4.74 Å². The van der Waals surface area contributed by atoms with Crippen molar-refractivity contribution in [2.45, 2.75) is 13.0 Å². The van der Waals surface area contributed by atoms with Gasteiger partial charge >= 0.3 is 0 Å². The summed E-state index contributed by atoms with van der Waals surface area (Å²) in [5, 5.41) is 5.50. The fraction of sp³-hybridized carbons (Fsp3) is 0.263. The average Bonchev–Trinajstić information content (AvgIpc) is 2.63. The molecule has 1 atom stereocenters. The Morgan fingerprint density at radius 1 is 1.27 bits per heavy atom. The molecule has 2 amide bonds. The molecule has 2 aromatic carbocycles. The van der Waals surface area contributed by atoms with Crippen LogP contribution in [-0.4, -0.2) is 38.1 Å². The van der Waals surface area contributed by atoms with Gasteiger partial charge in [-0.2, -0.15) is 0 Å². The van der Waals surface area contributed by atoms with Crippen LogP contribution in [0.1, 0.15) is 5.56 Å². The van der Waals surface area contributed by atoms with Gasteiger partial charge in [0.1, 0.15) is 5.75 Å². The highest BCUT2D eigenvalue weighted by Gasteiger charge is 2.31. The Morgan fingerprint density at radius 2 is 2.04 bits per heavy atom. The molecular formula is C19H20BrN3O3. The SMILES string of the molecule is CNC(=O)C1CN(CC(=O)Nc2ccc(C)cc2Br)c2ccccc2O1. The summed E-state index contributed by atoms with van der Waals surface area (Å²) in [6.07, 6.45) is -0.659. The van der Waals surface area contributed by atoms with Crippen LogP contribution in [0.2, 0.25) is 0 Å². The van der Waals surface area contributed by atoms with Crippen LogP contribution in [0.3, 0.4) is 0 Å². The zero-order chi connectivity index (χ0) is 18.7. The van der Waals surface area contributed by atoms with Crippen LogP contribution < -0.4 is 20.3 Å². The van der Waals surface area contributed by atoms with Gasteiger partial charge in [0.05, 0.1) is 24.5 Å². The molecule has 1 unspecified atom stereocenters. The van der Waals surface area contributed by atoms with Crippen LogP contribution in [0, 0.1) is 6.92 Å². The van der Waals surface area contributed by atoms with Crippen molar-refractivity contribution in [2.24, 2.45) is 0 Å². The number of fused-ring (bicyclic) bond motifs is 1. The number of carbonyl (C=O) groups is 2. The largest absolute Gasteiger partial charge is 0.477 e. The monoisotopic (exact) mass is 417 g/mol. The van der Waals surface area contributed by atoms with Gasteiger partial charge in [-0.3, -0.25) is 9.59 Å². The first-order valence-corrected chi connectivity index (χ1v) is 9.05. The van der Waals surface area contributed by atoms with Gasteiger partial charge in [0.2, 0.25) is 5.91 Å². The van der Waals surface area contributed by atoms with Crippen molar-refractivity contribution in [3.63, 3.8) is 0 Å². The highest BCUT2D eigenvalue weighted by atomic mass is 79.9. The summed E-state index contributed by atoms with van der Waals surface area (Å²) < 4.78 is 6.58. The number of aryl methyl sites for hydroxylation is 1. The van der Waals surface area contributed by atoms with Gasteiger partial charge in [0.15, 0.2) is 6.10 Å². The summed E-state index contributed by atoms with van der Waals surface area (Å²) in [6.45, 7) is 2.41. The first-order valence-electron chi connectivity index (χ1n) is 8.26. The predicted octanol–water partition coefficient (Wildman–Crippen LogP) is 2.71. The molecule has 1 aliphatic heterocycles. The molecule has 3 rings (SSSR count). The van der Waals surface area contributed by atoms with E-state index in [0.29, 0.717) is 18.0 Å². The van der Waals surface area contributed by atoms with Crippen LogP contribution in [0.4, 0.5) is 11.4 Å². The molecule has 0 saturated carbocycles. The lowest BCUT2D eigenvalue weighted by atomic mass is 10.1. The third-order valence-electron chi connectivity index (χ3n) is 4.13. The number of amides is 2. The van der Waals surface area contributed by atoms with Crippen LogP contribution in [0.15, 0.2) is 46.9 Å². The van der Waals surface area contributed by atoms with Crippen molar-refractivity contribution in [2.75, 3.05) is 30.4 Å². The average molecular weight is 418 g/mol. The van der Waals surface area contributed by atoms with E-state index in [2.05, 4.69) is 26.6 Å². The molecule has 7 heteroatoms. The molecule has 0 aromatic heterocycles. The normalized spacial score (nSPS) is 15.7. The van der Waals surface area contributed by atoms with E-state index in [1.54, 1.807) is 13.1 Å². The van der Waals surface area contributed by atoms with E-state index in [1.165, 1.54) is 0 Å². The minimum Gasteiger partial charge on any atom is -0.477 e. The second-order valence-corrected chi connectivity index (χ2v) is 6.95. The van der Waals surface area contributed by atoms with Crippen molar-refractivity contribution < 1.29 is 14.3 Å². The second-order valence-electron chi connectivity index (χ2n) is 6.10.